The molecule has 2 rings (SSSR count). The van der Waals surface area contributed by atoms with Crippen molar-refractivity contribution >= 4 is 50.3 Å². The summed E-state index contributed by atoms with van der Waals surface area (Å²) in [6.07, 6.45) is 0.764. The summed E-state index contributed by atoms with van der Waals surface area (Å²) in [6, 6.07) is 3.12. The molecule has 0 unspecified atom stereocenters. The van der Waals surface area contributed by atoms with E-state index in [4.69, 9.17) is 0 Å². The van der Waals surface area contributed by atoms with Crippen LogP contribution in [0, 0.1) is 9.39 Å². The summed E-state index contributed by atoms with van der Waals surface area (Å²) >= 11 is 3.38. The molecule has 0 aliphatic rings. The van der Waals surface area contributed by atoms with Crippen molar-refractivity contribution in [3.05, 3.63) is 32.5 Å². The van der Waals surface area contributed by atoms with Crippen molar-refractivity contribution in [1.82, 2.24) is 0 Å². The molecule has 0 aliphatic heterocycles. The zero-order valence-electron chi connectivity index (χ0n) is 6.38. The number of aldehydes is 1. The third-order valence-corrected chi connectivity index (χ3v) is 3.81. The highest BCUT2D eigenvalue weighted by Crippen LogP contribution is 2.30. The van der Waals surface area contributed by atoms with Crippen molar-refractivity contribution in [1.29, 1.82) is 0 Å². The van der Waals surface area contributed by atoms with Crippen LogP contribution < -0.4 is 0 Å². The fraction of sp³-hybridized carbons (Fsp3) is 0. The predicted octanol–water partition coefficient (Wildman–Crippen LogP) is 3.46. The molecule has 0 N–H and O–H groups in total. The fourth-order valence-corrected chi connectivity index (χ4v) is 3.05. The van der Waals surface area contributed by atoms with Crippen molar-refractivity contribution in [3.63, 3.8) is 0 Å². The first kappa shape index (κ1) is 9.08. The topological polar surface area (TPSA) is 17.1 Å². The molecule has 0 fully saturated rings. The van der Waals surface area contributed by atoms with E-state index in [-0.39, 0.29) is 5.82 Å². The molecular formula is C9H4FIOS. The summed E-state index contributed by atoms with van der Waals surface area (Å²) in [5.41, 5.74) is 0.573. The summed E-state index contributed by atoms with van der Waals surface area (Å²) in [5.74, 6) is -0.269. The highest BCUT2D eigenvalue weighted by molar-refractivity contribution is 14.1. The Bertz CT molecular complexity index is 478. The molecule has 0 saturated carbocycles. The Balaban J connectivity index is 2.93. The van der Waals surface area contributed by atoms with Crippen LogP contribution in [-0.2, 0) is 0 Å². The van der Waals surface area contributed by atoms with Crippen molar-refractivity contribution in [3.8, 4) is 0 Å². The van der Waals surface area contributed by atoms with E-state index in [2.05, 4.69) is 0 Å². The second-order valence-electron chi connectivity index (χ2n) is 2.54. The van der Waals surface area contributed by atoms with Gasteiger partial charge in [-0.1, -0.05) is 0 Å². The maximum atomic E-state index is 13.1. The number of carbonyl (C=O) groups excluding carboxylic acids is 1. The van der Waals surface area contributed by atoms with Gasteiger partial charge in [0.25, 0.3) is 0 Å². The molecule has 2 aromatic rings. The van der Waals surface area contributed by atoms with Crippen LogP contribution in [0.25, 0.3) is 10.1 Å². The predicted molar refractivity (Wildman–Crippen MR) is 59.9 cm³/mol. The van der Waals surface area contributed by atoms with Gasteiger partial charge in [-0.15, -0.1) is 11.3 Å². The number of hydrogen-bond donors (Lipinski definition) is 0. The maximum absolute atomic E-state index is 13.1. The fourth-order valence-electron chi connectivity index (χ4n) is 1.17. The summed E-state index contributed by atoms with van der Waals surface area (Å²) in [6.45, 7) is 0. The van der Waals surface area contributed by atoms with Crippen molar-refractivity contribution in [2.24, 2.45) is 0 Å². The summed E-state index contributed by atoms with van der Waals surface area (Å²) in [5, 5.41) is 2.49. The Morgan fingerprint density at radius 3 is 2.92 bits per heavy atom. The second kappa shape index (κ2) is 3.34. The van der Waals surface area contributed by atoms with Gasteiger partial charge in [0.1, 0.15) is 5.82 Å². The lowest BCUT2D eigenvalue weighted by Crippen LogP contribution is -1.84. The van der Waals surface area contributed by atoms with Gasteiger partial charge in [-0.3, -0.25) is 4.79 Å². The number of hydrogen-bond acceptors (Lipinski definition) is 2. The monoisotopic (exact) mass is 306 g/mol. The van der Waals surface area contributed by atoms with Gasteiger partial charge in [-0.05, 0) is 34.7 Å². The molecule has 1 nitrogen and oxygen atoms in total. The molecule has 0 radical (unpaired) electrons. The Hall–Kier alpha value is -0.490. The Kier molecular flexibility index (Phi) is 2.33. The normalized spacial score (nSPS) is 10.6. The van der Waals surface area contributed by atoms with Crippen molar-refractivity contribution in [2.75, 3.05) is 0 Å². The van der Waals surface area contributed by atoms with Gasteiger partial charge in [-0.25, -0.2) is 4.39 Å². The minimum absolute atomic E-state index is 0.269. The minimum atomic E-state index is -0.269. The SMILES string of the molecule is O=Cc1csc2ccc(F)c(I)c12. The zero-order chi connectivity index (χ0) is 9.42. The smallest absolute Gasteiger partial charge is 0.151 e. The number of benzene rings is 1. The van der Waals surface area contributed by atoms with Crippen LogP contribution in [-0.4, -0.2) is 6.29 Å². The van der Waals surface area contributed by atoms with E-state index < -0.39 is 0 Å². The van der Waals surface area contributed by atoms with Crippen LogP contribution in [0.5, 0.6) is 0 Å². The van der Waals surface area contributed by atoms with Gasteiger partial charge < -0.3 is 0 Å². The van der Waals surface area contributed by atoms with Gasteiger partial charge in [0.05, 0.1) is 3.57 Å². The maximum Gasteiger partial charge on any atom is 0.151 e. The lowest BCUT2D eigenvalue weighted by Gasteiger charge is -1.96. The molecule has 0 aliphatic carbocycles. The molecule has 0 spiro atoms. The first-order chi connectivity index (χ1) is 6.24. The van der Waals surface area contributed by atoms with Crippen LogP contribution >= 0.6 is 33.9 Å². The molecule has 13 heavy (non-hydrogen) atoms. The average molecular weight is 306 g/mol. The number of rotatable bonds is 1. The standard InChI is InChI=1S/C9H4FIOS/c10-6-1-2-7-8(9(6)11)5(3-12)4-13-7/h1-4H. The van der Waals surface area contributed by atoms with Crippen LogP contribution in [0.1, 0.15) is 10.4 Å². The summed E-state index contributed by atoms with van der Waals surface area (Å²) in [4.78, 5) is 10.6. The zero-order valence-corrected chi connectivity index (χ0v) is 9.36. The molecule has 0 bridgehead atoms. The lowest BCUT2D eigenvalue weighted by atomic mass is 10.2. The van der Waals surface area contributed by atoms with E-state index in [0.717, 1.165) is 16.4 Å². The second-order valence-corrected chi connectivity index (χ2v) is 4.53. The molecule has 1 aromatic carbocycles. The third kappa shape index (κ3) is 1.38. The van der Waals surface area contributed by atoms with Gasteiger partial charge in [0.2, 0.25) is 0 Å². The number of thiophene rings is 1. The van der Waals surface area contributed by atoms with Crippen LogP contribution in [0.4, 0.5) is 4.39 Å². The number of carbonyl (C=O) groups is 1. The highest BCUT2D eigenvalue weighted by Gasteiger charge is 2.10. The van der Waals surface area contributed by atoms with Gasteiger partial charge in [0, 0.05) is 21.0 Å². The number of fused-ring (bicyclic) bond motifs is 1. The van der Waals surface area contributed by atoms with E-state index in [0.29, 0.717) is 9.13 Å². The largest absolute Gasteiger partial charge is 0.298 e. The van der Waals surface area contributed by atoms with Crippen LogP contribution in [0.3, 0.4) is 0 Å². The lowest BCUT2D eigenvalue weighted by molar-refractivity contribution is 0.112. The molecule has 4 heteroatoms. The van der Waals surface area contributed by atoms with E-state index in [9.17, 15) is 9.18 Å². The molecular weight excluding hydrogens is 302 g/mol. The third-order valence-electron chi connectivity index (χ3n) is 1.79. The van der Waals surface area contributed by atoms with E-state index in [1.807, 2.05) is 22.6 Å². The molecule has 0 saturated heterocycles. The van der Waals surface area contributed by atoms with E-state index >= 15 is 0 Å². The first-order valence-electron chi connectivity index (χ1n) is 3.54. The Labute approximate surface area is 91.7 Å². The highest BCUT2D eigenvalue weighted by atomic mass is 127. The first-order valence-corrected chi connectivity index (χ1v) is 5.50. The Morgan fingerprint density at radius 1 is 1.46 bits per heavy atom. The van der Waals surface area contributed by atoms with Crippen LogP contribution in [0.15, 0.2) is 17.5 Å². The van der Waals surface area contributed by atoms with E-state index in [1.54, 1.807) is 11.4 Å². The molecule has 0 amide bonds. The van der Waals surface area contributed by atoms with Crippen molar-refractivity contribution in [2.45, 2.75) is 0 Å². The van der Waals surface area contributed by atoms with Crippen LogP contribution in [0.2, 0.25) is 0 Å². The molecule has 1 heterocycles. The average Bonchev–Trinajstić information content (AvgIpc) is 2.55. The van der Waals surface area contributed by atoms with Gasteiger partial charge in [0.15, 0.2) is 6.29 Å². The van der Waals surface area contributed by atoms with Gasteiger partial charge >= 0.3 is 0 Å². The van der Waals surface area contributed by atoms with E-state index in [1.165, 1.54) is 17.4 Å². The quantitative estimate of drug-likeness (QED) is 0.582. The number of halogens is 2. The Morgan fingerprint density at radius 2 is 2.23 bits per heavy atom. The molecule has 0 atom stereocenters. The van der Waals surface area contributed by atoms with Crippen molar-refractivity contribution < 1.29 is 9.18 Å². The summed E-state index contributed by atoms with van der Waals surface area (Å²) < 4.78 is 14.6. The van der Waals surface area contributed by atoms with Gasteiger partial charge in [-0.2, -0.15) is 0 Å². The molecule has 1 aromatic heterocycles. The summed E-state index contributed by atoms with van der Waals surface area (Å²) in [7, 11) is 0. The minimum Gasteiger partial charge on any atom is -0.298 e. The molecule has 66 valence electrons.